The summed E-state index contributed by atoms with van der Waals surface area (Å²) in [6, 6.07) is 15.7. The van der Waals surface area contributed by atoms with Gasteiger partial charge in [0.2, 0.25) is 0 Å². The molecule has 24 heavy (non-hydrogen) atoms. The Bertz CT molecular complexity index is 821. The molecular formula is C18H17N3O2S. The second-order valence-corrected chi connectivity index (χ2v) is 6.49. The van der Waals surface area contributed by atoms with E-state index >= 15 is 0 Å². The third-order valence-corrected chi connectivity index (χ3v) is 4.89. The first kappa shape index (κ1) is 15.1. The third kappa shape index (κ3) is 2.86. The van der Waals surface area contributed by atoms with Crippen LogP contribution in [0.15, 0.2) is 53.9 Å². The molecule has 0 aliphatic carbocycles. The van der Waals surface area contributed by atoms with Crippen molar-refractivity contribution < 1.29 is 9.53 Å². The molecule has 0 unspecified atom stereocenters. The lowest BCUT2D eigenvalue weighted by Crippen LogP contribution is -2.41. The van der Waals surface area contributed by atoms with Crippen molar-refractivity contribution in [3.63, 3.8) is 0 Å². The van der Waals surface area contributed by atoms with Crippen LogP contribution in [0, 0.1) is 0 Å². The van der Waals surface area contributed by atoms with Gasteiger partial charge in [-0.3, -0.25) is 4.79 Å². The number of carbonyl (C=O) groups excluding carboxylic acids is 1. The Labute approximate surface area is 144 Å². The smallest absolute Gasteiger partial charge is 0.272 e. The highest BCUT2D eigenvalue weighted by Gasteiger charge is 2.24. The van der Waals surface area contributed by atoms with E-state index in [0.29, 0.717) is 32.0 Å². The van der Waals surface area contributed by atoms with Gasteiger partial charge >= 0.3 is 0 Å². The minimum absolute atomic E-state index is 0.00235. The van der Waals surface area contributed by atoms with Gasteiger partial charge in [0.05, 0.1) is 23.8 Å². The predicted octanol–water partition coefficient (Wildman–Crippen LogP) is 3.07. The van der Waals surface area contributed by atoms with E-state index in [1.54, 1.807) is 16.0 Å². The Morgan fingerprint density at radius 1 is 1.08 bits per heavy atom. The number of carbonyl (C=O) groups is 1. The van der Waals surface area contributed by atoms with Crippen LogP contribution in [0.3, 0.4) is 0 Å². The molecule has 1 aliphatic rings. The van der Waals surface area contributed by atoms with Crippen LogP contribution in [0.25, 0.3) is 16.3 Å². The van der Waals surface area contributed by atoms with E-state index in [-0.39, 0.29) is 5.91 Å². The van der Waals surface area contributed by atoms with Crippen LogP contribution in [-0.4, -0.2) is 46.9 Å². The highest BCUT2D eigenvalue weighted by atomic mass is 32.1. The molecule has 5 nitrogen and oxygen atoms in total. The van der Waals surface area contributed by atoms with Gasteiger partial charge in [0.1, 0.15) is 11.4 Å². The van der Waals surface area contributed by atoms with Crippen LogP contribution in [0.4, 0.5) is 0 Å². The molecule has 0 saturated carbocycles. The van der Waals surface area contributed by atoms with Crippen molar-refractivity contribution in [2.45, 2.75) is 0 Å². The van der Waals surface area contributed by atoms with E-state index in [9.17, 15) is 4.79 Å². The van der Waals surface area contributed by atoms with Crippen molar-refractivity contribution in [2.24, 2.45) is 0 Å². The molecule has 0 atom stereocenters. The Kier molecular flexibility index (Phi) is 4.15. The number of ether oxygens (including phenoxy) is 1. The summed E-state index contributed by atoms with van der Waals surface area (Å²) in [5.41, 5.74) is 2.30. The van der Waals surface area contributed by atoms with Gasteiger partial charge < -0.3 is 9.64 Å². The molecule has 2 aromatic heterocycles. The first-order valence-corrected chi connectivity index (χ1v) is 8.77. The van der Waals surface area contributed by atoms with E-state index in [1.165, 1.54) is 0 Å². The van der Waals surface area contributed by atoms with Gasteiger partial charge in [-0.1, -0.05) is 24.3 Å². The number of hydrogen-bond acceptors (Lipinski definition) is 4. The summed E-state index contributed by atoms with van der Waals surface area (Å²) in [7, 11) is 0. The minimum atomic E-state index is -0.00235. The number of morpholine rings is 1. The number of benzene rings is 1. The summed E-state index contributed by atoms with van der Waals surface area (Å²) >= 11 is 1.62. The molecule has 3 aromatic rings. The Morgan fingerprint density at radius 2 is 1.88 bits per heavy atom. The second-order valence-electron chi connectivity index (χ2n) is 5.54. The number of nitrogens with zero attached hydrogens (tertiary/aromatic N) is 3. The van der Waals surface area contributed by atoms with Gasteiger partial charge in [-0.05, 0) is 29.6 Å². The summed E-state index contributed by atoms with van der Waals surface area (Å²) in [5, 5.41) is 6.70. The van der Waals surface area contributed by atoms with Crippen molar-refractivity contribution in [1.29, 1.82) is 0 Å². The molecule has 0 radical (unpaired) electrons. The van der Waals surface area contributed by atoms with E-state index in [2.05, 4.69) is 5.10 Å². The molecule has 1 amide bonds. The van der Waals surface area contributed by atoms with Gasteiger partial charge in [-0.2, -0.15) is 5.10 Å². The summed E-state index contributed by atoms with van der Waals surface area (Å²) in [5.74, 6) is -0.00235. The Hall–Kier alpha value is -2.44. The Balaban J connectivity index is 1.77. The van der Waals surface area contributed by atoms with Crippen molar-refractivity contribution in [2.75, 3.05) is 26.3 Å². The van der Waals surface area contributed by atoms with Crippen LogP contribution < -0.4 is 0 Å². The fraction of sp³-hybridized carbons (Fsp3) is 0.222. The fourth-order valence-electron chi connectivity index (χ4n) is 2.77. The lowest BCUT2D eigenvalue weighted by Gasteiger charge is -2.26. The molecule has 0 spiro atoms. The second kappa shape index (κ2) is 6.59. The highest BCUT2D eigenvalue weighted by Crippen LogP contribution is 2.26. The predicted molar refractivity (Wildman–Crippen MR) is 93.6 cm³/mol. The zero-order valence-electron chi connectivity index (χ0n) is 13.1. The monoisotopic (exact) mass is 339 g/mol. The van der Waals surface area contributed by atoms with Gasteiger partial charge in [0.25, 0.3) is 5.91 Å². The molecule has 1 aromatic carbocycles. The van der Waals surface area contributed by atoms with Gasteiger partial charge in [-0.25, -0.2) is 4.68 Å². The van der Waals surface area contributed by atoms with Crippen LogP contribution in [0.2, 0.25) is 0 Å². The SMILES string of the molecule is O=C(c1cc(-c2cccs2)nn1-c1ccccc1)N1CCOCC1. The number of amides is 1. The molecular weight excluding hydrogens is 322 g/mol. The van der Waals surface area contributed by atoms with E-state index in [4.69, 9.17) is 4.74 Å². The normalized spacial score (nSPS) is 14.8. The van der Waals surface area contributed by atoms with Crippen molar-refractivity contribution >= 4 is 17.2 Å². The van der Waals surface area contributed by atoms with E-state index < -0.39 is 0 Å². The van der Waals surface area contributed by atoms with Crippen LogP contribution in [0.5, 0.6) is 0 Å². The standard InChI is InChI=1S/C18H17N3O2S/c22-18(20-8-10-23-11-9-20)16-13-15(17-7-4-12-24-17)19-21(16)14-5-2-1-3-6-14/h1-7,12-13H,8-11H2. The summed E-state index contributed by atoms with van der Waals surface area (Å²) < 4.78 is 7.09. The quantitative estimate of drug-likeness (QED) is 0.737. The maximum absolute atomic E-state index is 13.0. The Morgan fingerprint density at radius 3 is 2.58 bits per heavy atom. The molecule has 122 valence electrons. The molecule has 6 heteroatoms. The van der Waals surface area contributed by atoms with Crippen molar-refractivity contribution in [3.05, 3.63) is 59.6 Å². The summed E-state index contributed by atoms with van der Waals surface area (Å²) in [4.78, 5) is 15.9. The van der Waals surface area contributed by atoms with E-state index in [0.717, 1.165) is 16.3 Å². The fourth-order valence-corrected chi connectivity index (χ4v) is 3.45. The van der Waals surface area contributed by atoms with Gasteiger partial charge in [-0.15, -0.1) is 11.3 Å². The van der Waals surface area contributed by atoms with E-state index in [1.807, 2.05) is 58.8 Å². The third-order valence-electron chi connectivity index (χ3n) is 4.00. The zero-order chi connectivity index (χ0) is 16.4. The molecule has 1 aliphatic heterocycles. The average molecular weight is 339 g/mol. The van der Waals surface area contributed by atoms with Crippen molar-refractivity contribution in [1.82, 2.24) is 14.7 Å². The average Bonchev–Trinajstić information content (AvgIpc) is 3.32. The minimum Gasteiger partial charge on any atom is -0.378 e. The zero-order valence-corrected chi connectivity index (χ0v) is 13.9. The largest absolute Gasteiger partial charge is 0.378 e. The lowest BCUT2D eigenvalue weighted by molar-refractivity contribution is 0.0297. The van der Waals surface area contributed by atoms with Crippen LogP contribution in [0.1, 0.15) is 10.5 Å². The lowest BCUT2D eigenvalue weighted by atomic mass is 10.2. The van der Waals surface area contributed by atoms with Crippen molar-refractivity contribution in [3.8, 4) is 16.3 Å². The van der Waals surface area contributed by atoms with Gasteiger partial charge in [0, 0.05) is 13.1 Å². The number of thiophene rings is 1. The number of aromatic nitrogens is 2. The molecule has 0 N–H and O–H groups in total. The molecule has 4 rings (SSSR count). The van der Waals surface area contributed by atoms with Gasteiger partial charge in [0.15, 0.2) is 0 Å². The first-order chi connectivity index (χ1) is 11.8. The van der Waals surface area contributed by atoms with Crippen LogP contribution in [-0.2, 0) is 4.74 Å². The number of para-hydroxylation sites is 1. The molecule has 1 saturated heterocycles. The summed E-state index contributed by atoms with van der Waals surface area (Å²) in [6.07, 6.45) is 0. The number of rotatable bonds is 3. The molecule has 3 heterocycles. The molecule has 1 fully saturated rings. The van der Waals surface area contributed by atoms with Crippen LogP contribution >= 0.6 is 11.3 Å². The first-order valence-electron chi connectivity index (χ1n) is 7.89. The summed E-state index contributed by atoms with van der Waals surface area (Å²) in [6.45, 7) is 2.41. The maximum Gasteiger partial charge on any atom is 0.272 e. The highest BCUT2D eigenvalue weighted by molar-refractivity contribution is 7.13. The molecule has 0 bridgehead atoms. The topological polar surface area (TPSA) is 47.4 Å². The maximum atomic E-state index is 13.0. The number of hydrogen-bond donors (Lipinski definition) is 0.